The van der Waals surface area contributed by atoms with E-state index in [1.807, 2.05) is 5.38 Å². The summed E-state index contributed by atoms with van der Waals surface area (Å²) in [4.78, 5) is 4.63. The summed E-state index contributed by atoms with van der Waals surface area (Å²) in [5.74, 6) is -1.11. The first-order valence-corrected chi connectivity index (χ1v) is 7.75. The number of hydrogen-bond acceptors (Lipinski definition) is 3. The van der Waals surface area contributed by atoms with Crippen molar-refractivity contribution in [1.29, 1.82) is 0 Å². The quantitative estimate of drug-likeness (QED) is 0.914. The summed E-state index contributed by atoms with van der Waals surface area (Å²) in [6.45, 7) is 6.34. The zero-order valence-electron chi connectivity index (χ0n) is 12.7. The van der Waals surface area contributed by atoms with Gasteiger partial charge in [0, 0.05) is 29.3 Å². The van der Waals surface area contributed by atoms with E-state index >= 15 is 0 Å². The number of thiazole rings is 1. The van der Waals surface area contributed by atoms with E-state index < -0.39 is 11.6 Å². The van der Waals surface area contributed by atoms with Crippen LogP contribution in [0.1, 0.15) is 43.1 Å². The second-order valence-corrected chi connectivity index (χ2v) is 7.07. The maximum absolute atomic E-state index is 13.3. The van der Waals surface area contributed by atoms with E-state index in [9.17, 15) is 8.78 Å². The molecule has 2 rings (SSSR count). The lowest BCUT2D eigenvalue weighted by atomic mass is 9.93. The van der Waals surface area contributed by atoms with Crippen LogP contribution in [0.4, 0.5) is 8.78 Å². The molecule has 1 unspecified atom stereocenters. The van der Waals surface area contributed by atoms with Gasteiger partial charge in [-0.15, -0.1) is 11.3 Å². The number of hydrogen-bond donors (Lipinski definition) is 1. The zero-order chi connectivity index (χ0) is 15.6. The van der Waals surface area contributed by atoms with Crippen LogP contribution in [0.25, 0.3) is 0 Å². The first-order chi connectivity index (χ1) is 9.79. The Kier molecular flexibility index (Phi) is 4.74. The summed E-state index contributed by atoms with van der Waals surface area (Å²) in [7, 11) is 1.78. The zero-order valence-corrected chi connectivity index (χ0v) is 13.5. The van der Waals surface area contributed by atoms with Crippen molar-refractivity contribution < 1.29 is 8.78 Å². The molecule has 1 atom stereocenters. The van der Waals surface area contributed by atoms with Crippen LogP contribution in [0.3, 0.4) is 0 Å². The molecule has 0 saturated heterocycles. The molecule has 0 saturated carbocycles. The molecular weight excluding hydrogens is 290 g/mol. The Balaban J connectivity index is 2.21. The normalized spacial score (nSPS) is 13.4. The molecule has 0 radical (unpaired) electrons. The van der Waals surface area contributed by atoms with Crippen molar-refractivity contribution in [3.05, 3.63) is 51.5 Å². The van der Waals surface area contributed by atoms with Gasteiger partial charge in [0.05, 0.1) is 10.7 Å². The van der Waals surface area contributed by atoms with Gasteiger partial charge in [-0.25, -0.2) is 13.8 Å². The molecule has 5 heteroatoms. The Morgan fingerprint density at radius 2 is 1.81 bits per heavy atom. The molecule has 1 aromatic heterocycles. The molecule has 21 heavy (non-hydrogen) atoms. The standard InChI is InChI=1S/C16H20F2N2S/c1-16(2,3)14-9-21-15(20-14)8-13(19-4)10-5-11(17)7-12(18)6-10/h5-7,9,13,19H,8H2,1-4H3. The second-order valence-electron chi connectivity index (χ2n) is 6.12. The summed E-state index contributed by atoms with van der Waals surface area (Å²) in [5.41, 5.74) is 1.65. The van der Waals surface area contributed by atoms with Gasteiger partial charge in [-0.3, -0.25) is 0 Å². The van der Waals surface area contributed by atoms with Gasteiger partial charge in [0.1, 0.15) is 11.6 Å². The van der Waals surface area contributed by atoms with Crippen molar-refractivity contribution in [2.45, 2.75) is 38.6 Å². The van der Waals surface area contributed by atoms with Gasteiger partial charge in [-0.05, 0) is 24.7 Å². The predicted octanol–water partition coefficient (Wildman–Crippen LogP) is 4.22. The molecule has 0 aliphatic rings. The summed E-state index contributed by atoms with van der Waals surface area (Å²) in [6, 6.07) is 3.46. The van der Waals surface area contributed by atoms with Crippen molar-refractivity contribution in [3.63, 3.8) is 0 Å². The van der Waals surface area contributed by atoms with Gasteiger partial charge in [0.15, 0.2) is 0 Å². The minimum absolute atomic E-state index is 0.00878. The number of benzene rings is 1. The highest BCUT2D eigenvalue weighted by atomic mass is 32.1. The summed E-state index contributed by atoms with van der Waals surface area (Å²) >= 11 is 1.58. The van der Waals surface area contributed by atoms with Crippen molar-refractivity contribution in [2.24, 2.45) is 0 Å². The lowest BCUT2D eigenvalue weighted by Gasteiger charge is -2.16. The Morgan fingerprint density at radius 1 is 1.19 bits per heavy atom. The Bertz CT molecular complexity index is 597. The molecule has 0 fully saturated rings. The predicted molar refractivity (Wildman–Crippen MR) is 82.7 cm³/mol. The van der Waals surface area contributed by atoms with Crippen molar-refractivity contribution in [1.82, 2.24) is 10.3 Å². The smallest absolute Gasteiger partial charge is 0.126 e. The van der Waals surface area contributed by atoms with Gasteiger partial charge in [0.25, 0.3) is 0 Å². The van der Waals surface area contributed by atoms with Gasteiger partial charge in [0.2, 0.25) is 0 Å². The van der Waals surface area contributed by atoms with Gasteiger partial charge in [-0.2, -0.15) is 0 Å². The monoisotopic (exact) mass is 310 g/mol. The lowest BCUT2D eigenvalue weighted by molar-refractivity contribution is 0.545. The van der Waals surface area contributed by atoms with Crippen LogP contribution in [0.2, 0.25) is 0 Å². The third-order valence-corrected chi connectivity index (χ3v) is 4.21. The minimum Gasteiger partial charge on any atom is -0.313 e. The van der Waals surface area contributed by atoms with Crippen molar-refractivity contribution in [3.8, 4) is 0 Å². The van der Waals surface area contributed by atoms with Crippen LogP contribution in [0.15, 0.2) is 23.6 Å². The number of halogens is 2. The second kappa shape index (κ2) is 6.20. The molecule has 1 aromatic carbocycles. The fraction of sp³-hybridized carbons (Fsp3) is 0.438. The first-order valence-electron chi connectivity index (χ1n) is 6.87. The number of rotatable bonds is 4. The average Bonchev–Trinajstić information content (AvgIpc) is 2.83. The number of nitrogens with one attached hydrogen (secondary N) is 1. The van der Waals surface area contributed by atoms with Crippen LogP contribution in [-0.4, -0.2) is 12.0 Å². The van der Waals surface area contributed by atoms with Crippen LogP contribution >= 0.6 is 11.3 Å². The maximum Gasteiger partial charge on any atom is 0.126 e. The molecule has 1 heterocycles. The van der Waals surface area contributed by atoms with Crippen molar-refractivity contribution in [2.75, 3.05) is 7.05 Å². The molecule has 114 valence electrons. The highest BCUT2D eigenvalue weighted by Gasteiger charge is 2.19. The molecule has 1 N–H and O–H groups in total. The third-order valence-electron chi connectivity index (χ3n) is 3.33. The van der Waals surface area contributed by atoms with E-state index in [4.69, 9.17) is 0 Å². The molecule has 0 spiro atoms. The number of aromatic nitrogens is 1. The summed E-state index contributed by atoms with van der Waals surface area (Å²) < 4.78 is 26.7. The molecule has 0 aliphatic carbocycles. The highest BCUT2D eigenvalue weighted by molar-refractivity contribution is 7.09. The average molecular weight is 310 g/mol. The summed E-state index contributed by atoms with van der Waals surface area (Å²) in [5, 5.41) is 6.11. The third kappa shape index (κ3) is 4.08. The Labute approximate surface area is 128 Å². The van der Waals surface area contributed by atoms with E-state index in [1.165, 1.54) is 12.1 Å². The van der Waals surface area contributed by atoms with Crippen LogP contribution in [0.5, 0.6) is 0 Å². The largest absolute Gasteiger partial charge is 0.313 e. The SMILES string of the molecule is CNC(Cc1nc(C(C)(C)C)cs1)c1cc(F)cc(F)c1. The Hall–Kier alpha value is -1.33. The fourth-order valence-corrected chi connectivity index (χ4v) is 3.15. The van der Waals surface area contributed by atoms with Gasteiger partial charge >= 0.3 is 0 Å². The van der Waals surface area contributed by atoms with E-state index in [2.05, 4.69) is 31.1 Å². The van der Waals surface area contributed by atoms with E-state index in [0.717, 1.165) is 16.8 Å². The van der Waals surface area contributed by atoms with Gasteiger partial charge in [-0.1, -0.05) is 20.8 Å². The van der Waals surface area contributed by atoms with Crippen LogP contribution in [0, 0.1) is 11.6 Å². The molecular formula is C16H20F2N2S. The Morgan fingerprint density at radius 3 is 2.29 bits per heavy atom. The molecule has 0 amide bonds. The number of likely N-dealkylation sites (N-methyl/N-ethyl adjacent to an activating group) is 1. The molecule has 0 bridgehead atoms. The number of nitrogens with zero attached hydrogens (tertiary/aromatic N) is 1. The van der Waals surface area contributed by atoms with E-state index in [0.29, 0.717) is 12.0 Å². The molecule has 2 aromatic rings. The topological polar surface area (TPSA) is 24.9 Å². The fourth-order valence-electron chi connectivity index (χ4n) is 2.09. The lowest BCUT2D eigenvalue weighted by Crippen LogP contribution is -2.19. The van der Waals surface area contributed by atoms with E-state index in [1.54, 1.807) is 18.4 Å². The van der Waals surface area contributed by atoms with Gasteiger partial charge < -0.3 is 5.32 Å². The molecule has 0 aliphatic heterocycles. The minimum atomic E-state index is -0.556. The van der Waals surface area contributed by atoms with Crippen molar-refractivity contribution >= 4 is 11.3 Å². The highest BCUT2D eigenvalue weighted by Crippen LogP contribution is 2.27. The first kappa shape index (κ1) is 16.0. The van der Waals surface area contributed by atoms with Crippen LogP contribution < -0.4 is 5.32 Å². The van der Waals surface area contributed by atoms with Crippen LogP contribution in [-0.2, 0) is 11.8 Å². The summed E-state index contributed by atoms with van der Waals surface area (Å²) in [6.07, 6.45) is 0.611. The van der Waals surface area contributed by atoms with E-state index in [-0.39, 0.29) is 11.5 Å². The maximum atomic E-state index is 13.3. The molecule has 2 nitrogen and oxygen atoms in total.